The molecule has 1 aliphatic rings. The van der Waals surface area contributed by atoms with Crippen LogP contribution in [0.15, 0.2) is 27.9 Å². The first-order valence-electron chi connectivity index (χ1n) is 10.6. The molecule has 1 aromatic heterocycles. The molecule has 1 aliphatic heterocycles. The van der Waals surface area contributed by atoms with Crippen molar-refractivity contribution in [1.82, 2.24) is 14.6 Å². The number of hydrogen-bond donors (Lipinski definition) is 2. The van der Waals surface area contributed by atoms with Gasteiger partial charge in [-0.1, -0.05) is 17.7 Å². The number of aromatic amines is 1. The van der Waals surface area contributed by atoms with E-state index in [1.165, 1.54) is 4.31 Å². The summed E-state index contributed by atoms with van der Waals surface area (Å²) in [4.78, 5) is 27.9. The number of rotatable bonds is 5. The summed E-state index contributed by atoms with van der Waals surface area (Å²) >= 11 is 0. The van der Waals surface area contributed by atoms with E-state index >= 15 is 0 Å². The predicted molar refractivity (Wildman–Crippen MR) is 121 cm³/mol. The molecule has 0 atom stereocenters. The number of piperidine rings is 1. The van der Waals surface area contributed by atoms with Crippen LogP contribution in [0.25, 0.3) is 0 Å². The Morgan fingerprint density at radius 2 is 1.61 bits per heavy atom. The van der Waals surface area contributed by atoms with Crippen LogP contribution in [0.1, 0.15) is 46.4 Å². The number of H-pyrrole nitrogens is 1. The highest BCUT2D eigenvalue weighted by atomic mass is 32.2. The van der Waals surface area contributed by atoms with Gasteiger partial charge in [0.25, 0.3) is 5.56 Å². The second-order valence-electron chi connectivity index (χ2n) is 8.57. The minimum atomic E-state index is -3.60. The molecule has 1 saturated heterocycles. The van der Waals surface area contributed by atoms with Crippen LogP contribution < -0.4 is 10.9 Å². The Hall–Kier alpha value is -2.45. The van der Waals surface area contributed by atoms with Crippen LogP contribution in [0.5, 0.6) is 0 Å². The molecule has 0 bridgehead atoms. The normalized spacial score (nSPS) is 15.8. The van der Waals surface area contributed by atoms with E-state index in [0.717, 1.165) is 27.9 Å². The maximum atomic E-state index is 13.2. The minimum absolute atomic E-state index is 0.140. The van der Waals surface area contributed by atoms with Gasteiger partial charge in [0, 0.05) is 36.8 Å². The summed E-state index contributed by atoms with van der Waals surface area (Å²) < 4.78 is 27.9. The van der Waals surface area contributed by atoms with Gasteiger partial charge in [-0.3, -0.25) is 9.59 Å². The standard InChI is InChI=1S/C23H31N3O4S/c1-14-10-16(3)21(17(4)11-14)31(29,30)26-8-6-19(7-9-26)22(27)24-13-20-15(2)12-18(5)25-23(20)28/h10-12,19H,6-9,13H2,1-5H3,(H,24,27)(H,25,28). The van der Waals surface area contributed by atoms with Crippen molar-refractivity contribution in [3.63, 3.8) is 0 Å². The lowest BCUT2D eigenvalue weighted by Gasteiger charge is -2.31. The average molecular weight is 446 g/mol. The molecule has 168 valence electrons. The summed E-state index contributed by atoms with van der Waals surface area (Å²) in [6.45, 7) is 10.0. The Balaban J connectivity index is 1.64. The number of carbonyl (C=O) groups excluding carboxylic acids is 1. The van der Waals surface area contributed by atoms with Crippen LogP contribution in [0.3, 0.4) is 0 Å². The van der Waals surface area contributed by atoms with Gasteiger partial charge in [0.05, 0.1) is 4.90 Å². The predicted octanol–water partition coefficient (Wildman–Crippen LogP) is 2.63. The number of carbonyl (C=O) groups is 1. The van der Waals surface area contributed by atoms with Gasteiger partial charge in [-0.15, -0.1) is 0 Å². The molecule has 2 heterocycles. The molecule has 0 aliphatic carbocycles. The van der Waals surface area contributed by atoms with Crippen LogP contribution in [-0.4, -0.2) is 36.7 Å². The summed E-state index contributed by atoms with van der Waals surface area (Å²) in [5.41, 5.74) is 4.50. The van der Waals surface area contributed by atoms with E-state index in [9.17, 15) is 18.0 Å². The number of aryl methyl sites for hydroxylation is 5. The Labute approximate surface area is 183 Å². The fourth-order valence-corrected chi connectivity index (χ4v) is 6.36. The number of nitrogens with one attached hydrogen (secondary N) is 2. The van der Waals surface area contributed by atoms with Crippen molar-refractivity contribution < 1.29 is 13.2 Å². The van der Waals surface area contributed by atoms with Crippen LogP contribution in [0.2, 0.25) is 0 Å². The number of sulfonamides is 1. The monoisotopic (exact) mass is 445 g/mol. The molecular formula is C23H31N3O4S. The molecule has 0 spiro atoms. The molecule has 2 aromatic rings. The molecule has 8 heteroatoms. The van der Waals surface area contributed by atoms with Crippen LogP contribution in [0.4, 0.5) is 0 Å². The van der Waals surface area contributed by atoms with Gasteiger partial charge < -0.3 is 10.3 Å². The lowest BCUT2D eigenvalue weighted by molar-refractivity contribution is -0.126. The first-order valence-corrected chi connectivity index (χ1v) is 12.0. The molecular weight excluding hydrogens is 414 g/mol. The van der Waals surface area contributed by atoms with E-state index in [-0.39, 0.29) is 23.9 Å². The highest BCUT2D eigenvalue weighted by Crippen LogP contribution is 2.28. The maximum Gasteiger partial charge on any atom is 0.253 e. The summed E-state index contributed by atoms with van der Waals surface area (Å²) in [6, 6.07) is 5.64. The minimum Gasteiger partial charge on any atom is -0.352 e. The lowest BCUT2D eigenvalue weighted by Crippen LogP contribution is -2.43. The Kier molecular flexibility index (Phi) is 6.71. The molecule has 1 fully saturated rings. The third-order valence-electron chi connectivity index (χ3n) is 5.96. The number of pyridine rings is 1. The summed E-state index contributed by atoms with van der Waals surface area (Å²) in [5.74, 6) is -0.407. The number of hydrogen-bond acceptors (Lipinski definition) is 4. The molecule has 0 radical (unpaired) electrons. The zero-order chi connectivity index (χ0) is 22.9. The lowest BCUT2D eigenvalue weighted by atomic mass is 9.97. The van der Waals surface area contributed by atoms with E-state index in [2.05, 4.69) is 10.3 Å². The van der Waals surface area contributed by atoms with Gasteiger partial charge in [-0.25, -0.2) is 8.42 Å². The summed E-state index contributed by atoms with van der Waals surface area (Å²) in [6.07, 6.45) is 0.913. The van der Waals surface area contributed by atoms with Crippen molar-refractivity contribution in [3.8, 4) is 0 Å². The second kappa shape index (κ2) is 8.96. The number of amides is 1. The molecule has 1 amide bonds. The Bertz CT molecular complexity index is 1140. The smallest absolute Gasteiger partial charge is 0.253 e. The second-order valence-corrected chi connectivity index (χ2v) is 10.4. The van der Waals surface area contributed by atoms with Gasteiger partial charge in [0.2, 0.25) is 15.9 Å². The molecule has 0 saturated carbocycles. The first kappa shape index (κ1) is 23.2. The number of benzene rings is 1. The van der Waals surface area contributed by atoms with Crippen molar-refractivity contribution in [1.29, 1.82) is 0 Å². The van der Waals surface area contributed by atoms with Gasteiger partial charge >= 0.3 is 0 Å². The summed E-state index contributed by atoms with van der Waals surface area (Å²) in [7, 11) is -3.60. The first-order chi connectivity index (χ1) is 14.5. The Morgan fingerprint density at radius 3 is 2.16 bits per heavy atom. The molecule has 0 unspecified atom stereocenters. The van der Waals surface area contributed by atoms with Crippen molar-refractivity contribution in [3.05, 3.63) is 62.1 Å². The average Bonchev–Trinajstić information content (AvgIpc) is 2.66. The van der Waals surface area contributed by atoms with E-state index in [4.69, 9.17) is 0 Å². The topological polar surface area (TPSA) is 99.3 Å². The fourth-order valence-electron chi connectivity index (χ4n) is 4.48. The van der Waals surface area contributed by atoms with Crippen molar-refractivity contribution in [2.24, 2.45) is 5.92 Å². The van der Waals surface area contributed by atoms with Crippen molar-refractivity contribution >= 4 is 15.9 Å². The van der Waals surface area contributed by atoms with Crippen LogP contribution >= 0.6 is 0 Å². The number of aromatic nitrogens is 1. The van der Waals surface area contributed by atoms with Crippen LogP contribution in [0, 0.1) is 40.5 Å². The van der Waals surface area contributed by atoms with Crippen LogP contribution in [-0.2, 0) is 21.4 Å². The summed E-state index contributed by atoms with van der Waals surface area (Å²) in [5, 5.41) is 2.85. The van der Waals surface area contributed by atoms with E-state index in [0.29, 0.717) is 36.4 Å². The molecule has 31 heavy (non-hydrogen) atoms. The third-order valence-corrected chi connectivity index (χ3v) is 8.17. The molecule has 7 nitrogen and oxygen atoms in total. The van der Waals surface area contributed by atoms with E-state index in [1.54, 1.807) is 0 Å². The quantitative estimate of drug-likeness (QED) is 0.739. The van der Waals surface area contributed by atoms with E-state index < -0.39 is 10.0 Å². The molecule has 1 aromatic carbocycles. The largest absolute Gasteiger partial charge is 0.352 e. The van der Waals surface area contributed by atoms with Gasteiger partial charge in [-0.2, -0.15) is 4.31 Å². The third kappa shape index (κ3) is 4.91. The van der Waals surface area contributed by atoms with Crippen molar-refractivity contribution in [2.75, 3.05) is 13.1 Å². The number of nitrogens with zero attached hydrogens (tertiary/aromatic N) is 1. The van der Waals surface area contributed by atoms with Gasteiger partial charge in [-0.05, 0) is 70.2 Å². The van der Waals surface area contributed by atoms with Gasteiger partial charge in [0.15, 0.2) is 0 Å². The highest BCUT2D eigenvalue weighted by molar-refractivity contribution is 7.89. The zero-order valence-corrected chi connectivity index (χ0v) is 19.6. The molecule has 3 rings (SSSR count). The highest BCUT2D eigenvalue weighted by Gasteiger charge is 2.33. The maximum absolute atomic E-state index is 13.2. The zero-order valence-electron chi connectivity index (χ0n) is 18.8. The Morgan fingerprint density at radius 1 is 1.03 bits per heavy atom. The van der Waals surface area contributed by atoms with Crippen molar-refractivity contribution in [2.45, 2.75) is 58.9 Å². The van der Waals surface area contributed by atoms with E-state index in [1.807, 2.05) is 52.8 Å². The SMILES string of the molecule is Cc1cc(C)c(S(=O)(=O)N2CCC(C(=O)NCc3c(C)cc(C)[nH]c3=O)CC2)c(C)c1. The fraction of sp³-hybridized carbons (Fsp3) is 0.478. The van der Waals surface area contributed by atoms with Gasteiger partial charge in [0.1, 0.15) is 0 Å². The molecule has 2 N–H and O–H groups in total.